The SMILES string of the molecule is Cn1cc(NC(=O)C2(c3ccc(F)cc3)CCC2)cn1. The zero-order valence-corrected chi connectivity index (χ0v) is 11.3. The number of nitrogens with one attached hydrogen (secondary N) is 1. The number of aryl methyl sites for hydroxylation is 1. The van der Waals surface area contributed by atoms with Gasteiger partial charge in [-0.25, -0.2) is 4.39 Å². The van der Waals surface area contributed by atoms with Crippen LogP contribution < -0.4 is 5.32 Å². The maximum absolute atomic E-state index is 13.0. The third kappa shape index (κ3) is 2.09. The summed E-state index contributed by atoms with van der Waals surface area (Å²) in [4.78, 5) is 12.6. The molecule has 5 heteroatoms. The molecule has 3 rings (SSSR count). The van der Waals surface area contributed by atoms with Gasteiger partial charge >= 0.3 is 0 Å². The molecule has 1 amide bonds. The number of rotatable bonds is 3. The molecule has 20 heavy (non-hydrogen) atoms. The Bertz CT molecular complexity index is 629. The van der Waals surface area contributed by atoms with Crippen molar-refractivity contribution < 1.29 is 9.18 Å². The highest BCUT2D eigenvalue weighted by molar-refractivity contribution is 5.99. The quantitative estimate of drug-likeness (QED) is 0.934. The first-order valence-electron chi connectivity index (χ1n) is 6.66. The third-order valence-electron chi connectivity index (χ3n) is 4.00. The summed E-state index contributed by atoms with van der Waals surface area (Å²) in [6.07, 6.45) is 5.98. The van der Waals surface area contributed by atoms with Gasteiger partial charge in [-0.3, -0.25) is 9.48 Å². The molecule has 1 saturated carbocycles. The van der Waals surface area contributed by atoms with Crippen LogP contribution in [0, 0.1) is 5.82 Å². The molecule has 0 atom stereocenters. The number of carbonyl (C=O) groups is 1. The Hall–Kier alpha value is -2.17. The maximum Gasteiger partial charge on any atom is 0.235 e. The molecule has 0 unspecified atom stereocenters. The van der Waals surface area contributed by atoms with Crippen LogP contribution in [0.1, 0.15) is 24.8 Å². The molecule has 1 aromatic carbocycles. The summed E-state index contributed by atoms with van der Waals surface area (Å²) in [5.41, 5.74) is 1.04. The lowest BCUT2D eigenvalue weighted by Gasteiger charge is -2.40. The van der Waals surface area contributed by atoms with Crippen molar-refractivity contribution in [3.63, 3.8) is 0 Å². The fourth-order valence-corrected chi connectivity index (χ4v) is 2.68. The minimum Gasteiger partial charge on any atom is -0.323 e. The van der Waals surface area contributed by atoms with Gasteiger partial charge in [0.15, 0.2) is 0 Å². The number of hydrogen-bond donors (Lipinski definition) is 1. The highest BCUT2D eigenvalue weighted by Crippen LogP contribution is 2.44. The van der Waals surface area contributed by atoms with E-state index in [2.05, 4.69) is 10.4 Å². The van der Waals surface area contributed by atoms with Gasteiger partial charge in [-0.1, -0.05) is 18.6 Å². The zero-order valence-electron chi connectivity index (χ0n) is 11.3. The first kappa shape index (κ1) is 12.8. The van der Waals surface area contributed by atoms with Gasteiger partial charge in [0.05, 0.1) is 17.3 Å². The topological polar surface area (TPSA) is 46.9 Å². The molecule has 0 radical (unpaired) electrons. The van der Waals surface area contributed by atoms with Crippen LogP contribution in [0.5, 0.6) is 0 Å². The molecule has 0 saturated heterocycles. The minimum absolute atomic E-state index is 0.0386. The molecular formula is C15H16FN3O. The molecule has 1 aromatic heterocycles. The van der Waals surface area contributed by atoms with Crippen LogP contribution in [0.15, 0.2) is 36.7 Å². The summed E-state index contributed by atoms with van der Waals surface area (Å²) in [6.45, 7) is 0. The molecule has 0 spiro atoms. The Balaban J connectivity index is 1.85. The van der Waals surface area contributed by atoms with Crippen molar-refractivity contribution in [2.75, 3.05) is 5.32 Å². The van der Waals surface area contributed by atoms with Crippen molar-refractivity contribution in [3.8, 4) is 0 Å². The van der Waals surface area contributed by atoms with E-state index in [1.54, 1.807) is 36.3 Å². The third-order valence-corrected chi connectivity index (χ3v) is 4.00. The first-order valence-corrected chi connectivity index (χ1v) is 6.66. The Morgan fingerprint density at radius 1 is 1.35 bits per heavy atom. The van der Waals surface area contributed by atoms with Crippen LogP contribution in [-0.2, 0) is 17.3 Å². The van der Waals surface area contributed by atoms with Crippen molar-refractivity contribution in [1.29, 1.82) is 0 Å². The summed E-state index contributed by atoms with van der Waals surface area (Å²) in [7, 11) is 1.80. The second kappa shape index (κ2) is 4.74. The predicted molar refractivity (Wildman–Crippen MR) is 73.8 cm³/mol. The lowest BCUT2D eigenvalue weighted by Crippen LogP contribution is -2.45. The van der Waals surface area contributed by atoms with Crippen molar-refractivity contribution in [1.82, 2.24) is 9.78 Å². The number of nitrogens with zero attached hydrogens (tertiary/aromatic N) is 2. The molecule has 1 N–H and O–H groups in total. The number of amides is 1. The largest absolute Gasteiger partial charge is 0.323 e. The summed E-state index contributed by atoms with van der Waals surface area (Å²) in [5.74, 6) is -0.320. The van der Waals surface area contributed by atoms with E-state index < -0.39 is 5.41 Å². The molecule has 1 fully saturated rings. The molecule has 0 bridgehead atoms. The number of halogens is 1. The van der Waals surface area contributed by atoms with Gasteiger partial charge in [-0.15, -0.1) is 0 Å². The summed E-state index contributed by atoms with van der Waals surface area (Å²) in [5, 5.41) is 6.93. The van der Waals surface area contributed by atoms with Gasteiger partial charge in [0, 0.05) is 13.2 Å². The number of anilines is 1. The standard InChI is InChI=1S/C15H16FN3O/c1-19-10-13(9-17-19)18-14(20)15(7-2-8-15)11-3-5-12(16)6-4-11/h3-6,9-10H,2,7-8H2,1H3,(H,18,20). The van der Waals surface area contributed by atoms with Crippen LogP contribution in [0.2, 0.25) is 0 Å². The van der Waals surface area contributed by atoms with Crippen molar-refractivity contribution >= 4 is 11.6 Å². The van der Waals surface area contributed by atoms with Gasteiger partial charge in [-0.2, -0.15) is 5.10 Å². The van der Waals surface area contributed by atoms with Crippen LogP contribution in [0.3, 0.4) is 0 Å². The molecule has 104 valence electrons. The fraction of sp³-hybridized carbons (Fsp3) is 0.333. The van der Waals surface area contributed by atoms with Gasteiger partial charge in [0.2, 0.25) is 5.91 Å². The van der Waals surface area contributed by atoms with E-state index in [1.165, 1.54) is 12.1 Å². The number of hydrogen-bond acceptors (Lipinski definition) is 2. The molecule has 1 aliphatic rings. The smallest absolute Gasteiger partial charge is 0.235 e. The minimum atomic E-state index is -0.524. The summed E-state index contributed by atoms with van der Waals surface area (Å²) < 4.78 is 14.7. The Kier molecular flexibility index (Phi) is 3.04. The van der Waals surface area contributed by atoms with Crippen LogP contribution in [0.4, 0.5) is 10.1 Å². The zero-order chi connectivity index (χ0) is 14.2. The van der Waals surface area contributed by atoms with Crippen LogP contribution in [0.25, 0.3) is 0 Å². The second-order valence-electron chi connectivity index (χ2n) is 5.30. The van der Waals surface area contributed by atoms with Gasteiger partial charge in [0.1, 0.15) is 5.82 Å². The molecule has 1 aliphatic carbocycles. The molecule has 1 heterocycles. The van der Waals surface area contributed by atoms with E-state index in [-0.39, 0.29) is 11.7 Å². The van der Waals surface area contributed by atoms with Gasteiger partial charge < -0.3 is 5.32 Å². The molecule has 4 nitrogen and oxygen atoms in total. The lowest BCUT2D eigenvalue weighted by molar-refractivity contribution is -0.124. The van der Waals surface area contributed by atoms with E-state index >= 15 is 0 Å². The van der Waals surface area contributed by atoms with E-state index in [9.17, 15) is 9.18 Å². The maximum atomic E-state index is 13.0. The van der Waals surface area contributed by atoms with Crippen molar-refractivity contribution in [2.45, 2.75) is 24.7 Å². The van der Waals surface area contributed by atoms with E-state index in [4.69, 9.17) is 0 Å². The van der Waals surface area contributed by atoms with E-state index in [0.29, 0.717) is 5.69 Å². The highest BCUT2D eigenvalue weighted by Gasteiger charge is 2.45. The first-order chi connectivity index (χ1) is 9.60. The monoisotopic (exact) mass is 273 g/mol. The normalized spacial score (nSPS) is 16.5. The Morgan fingerprint density at radius 2 is 2.05 bits per heavy atom. The van der Waals surface area contributed by atoms with E-state index in [1.807, 2.05) is 0 Å². The second-order valence-corrected chi connectivity index (χ2v) is 5.30. The molecular weight excluding hydrogens is 257 g/mol. The number of benzene rings is 1. The average molecular weight is 273 g/mol. The van der Waals surface area contributed by atoms with E-state index in [0.717, 1.165) is 24.8 Å². The van der Waals surface area contributed by atoms with Crippen LogP contribution >= 0.6 is 0 Å². The Labute approximate surface area is 116 Å². The predicted octanol–water partition coefficient (Wildman–Crippen LogP) is 2.62. The van der Waals surface area contributed by atoms with Gasteiger partial charge in [-0.05, 0) is 30.5 Å². The molecule has 0 aliphatic heterocycles. The van der Waals surface area contributed by atoms with Crippen molar-refractivity contribution in [2.24, 2.45) is 7.05 Å². The van der Waals surface area contributed by atoms with Crippen LogP contribution in [-0.4, -0.2) is 15.7 Å². The number of carbonyl (C=O) groups excluding carboxylic acids is 1. The van der Waals surface area contributed by atoms with Gasteiger partial charge in [0.25, 0.3) is 0 Å². The van der Waals surface area contributed by atoms with Crippen molar-refractivity contribution in [3.05, 3.63) is 48.0 Å². The summed E-state index contributed by atoms with van der Waals surface area (Å²) in [6, 6.07) is 6.23. The average Bonchev–Trinajstić information content (AvgIpc) is 2.76. The molecule has 2 aromatic rings. The fourth-order valence-electron chi connectivity index (χ4n) is 2.68. The highest BCUT2D eigenvalue weighted by atomic mass is 19.1. The summed E-state index contributed by atoms with van der Waals surface area (Å²) >= 11 is 0. The Morgan fingerprint density at radius 3 is 2.55 bits per heavy atom. The lowest BCUT2D eigenvalue weighted by atomic mass is 9.64. The number of aromatic nitrogens is 2.